The summed E-state index contributed by atoms with van der Waals surface area (Å²) in [6.45, 7) is 0. The van der Waals surface area contributed by atoms with Crippen LogP contribution in [0.4, 0.5) is 18.9 Å². The second-order valence-corrected chi connectivity index (χ2v) is 3.07. The molecule has 2 N–H and O–H groups in total. The van der Waals surface area contributed by atoms with Gasteiger partial charge in [-0.05, 0) is 12.1 Å². The van der Waals surface area contributed by atoms with Crippen molar-refractivity contribution in [3.05, 3.63) is 36.3 Å². The number of pyridine rings is 1. The standard InChI is InChI=1S/C9H7F3N4/c10-9(11,12)7-2-4-15-16(7)8-5-6(13)1-3-14-8/h1-5H,(H2,13,14). The quantitative estimate of drug-likeness (QED) is 0.810. The van der Waals surface area contributed by atoms with Crippen molar-refractivity contribution in [1.29, 1.82) is 0 Å². The molecule has 0 bridgehead atoms. The molecule has 2 aromatic heterocycles. The van der Waals surface area contributed by atoms with Gasteiger partial charge < -0.3 is 5.73 Å². The number of alkyl halides is 3. The summed E-state index contributed by atoms with van der Waals surface area (Å²) in [6, 6.07) is 3.69. The van der Waals surface area contributed by atoms with Gasteiger partial charge in [-0.1, -0.05) is 0 Å². The molecule has 0 aliphatic carbocycles. The fraction of sp³-hybridized carbons (Fsp3) is 0.111. The van der Waals surface area contributed by atoms with Crippen LogP contribution in [0.25, 0.3) is 5.82 Å². The monoisotopic (exact) mass is 228 g/mol. The van der Waals surface area contributed by atoms with Crippen molar-refractivity contribution in [3.63, 3.8) is 0 Å². The second-order valence-electron chi connectivity index (χ2n) is 3.07. The van der Waals surface area contributed by atoms with Crippen molar-refractivity contribution >= 4 is 5.69 Å². The van der Waals surface area contributed by atoms with E-state index < -0.39 is 11.9 Å². The summed E-state index contributed by atoms with van der Waals surface area (Å²) in [5, 5.41) is 3.57. The van der Waals surface area contributed by atoms with Gasteiger partial charge in [0.05, 0.1) is 6.20 Å². The number of nitrogens with two attached hydrogens (primary N) is 1. The third-order valence-electron chi connectivity index (χ3n) is 1.92. The molecule has 0 spiro atoms. The highest BCUT2D eigenvalue weighted by Crippen LogP contribution is 2.30. The molecule has 0 saturated heterocycles. The lowest BCUT2D eigenvalue weighted by Crippen LogP contribution is -2.14. The van der Waals surface area contributed by atoms with E-state index in [0.717, 1.165) is 12.3 Å². The molecule has 2 rings (SSSR count). The Balaban J connectivity index is 2.53. The van der Waals surface area contributed by atoms with Crippen LogP contribution in [0.1, 0.15) is 5.69 Å². The lowest BCUT2D eigenvalue weighted by molar-refractivity contribution is -0.142. The van der Waals surface area contributed by atoms with Crippen molar-refractivity contribution in [2.24, 2.45) is 0 Å². The number of nitrogens with zero attached hydrogens (tertiary/aromatic N) is 3. The van der Waals surface area contributed by atoms with E-state index in [4.69, 9.17) is 5.73 Å². The number of halogens is 3. The molecular formula is C9H7F3N4. The van der Waals surface area contributed by atoms with Crippen LogP contribution >= 0.6 is 0 Å². The molecule has 0 aromatic carbocycles. The molecule has 0 radical (unpaired) electrons. The van der Waals surface area contributed by atoms with Crippen molar-refractivity contribution < 1.29 is 13.2 Å². The van der Waals surface area contributed by atoms with Gasteiger partial charge in [-0.3, -0.25) is 0 Å². The fourth-order valence-corrected chi connectivity index (χ4v) is 1.25. The van der Waals surface area contributed by atoms with Crippen molar-refractivity contribution in [2.75, 3.05) is 5.73 Å². The van der Waals surface area contributed by atoms with Gasteiger partial charge in [0.15, 0.2) is 5.82 Å². The van der Waals surface area contributed by atoms with E-state index in [1.54, 1.807) is 0 Å². The van der Waals surface area contributed by atoms with Crippen molar-refractivity contribution in [3.8, 4) is 5.82 Å². The van der Waals surface area contributed by atoms with Crippen LogP contribution in [0.2, 0.25) is 0 Å². The summed E-state index contributed by atoms with van der Waals surface area (Å²) < 4.78 is 38.3. The summed E-state index contributed by atoms with van der Waals surface area (Å²) in [5.74, 6) is 0.0392. The number of hydrogen-bond donors (Lipinski definition) is 1. The third kappa shape index (κ3) is 1.83. The highest BCUT2D eigenvalue weighted by molar-refractivity contribution is 5.43. The Morgan fingerprint density at radius 1 is 1.19 bits per heavy atom. The van der Waals surface area contributed by atoms with Crippen LogP contribution in [0, 0.1) is 0 Å². The third-order valence-corrected chi connectivity index (χ3v) is 1.92. The summed E-state index contributed by atoms with van der Waals surface area (Å²) in [4.78, 5) is 3.78. The summed E-state index contributed by atoms with van der Waals surface area (Å²) in [6.07, 6.45) is -2.08. The normalized spacial score (nSPS) is 11.7. The molecule has 0 aliphatic rings. The molecule has 0 atom stereocenters. The van der Waals surface area contributed by atoms with Crippen LogP contribution in [0.15, 0.2) is 30.6 Å². The number of nitrogen functional groups attached to an aromatic ring is 1. The maximum Gasteiger partial charge on any atom is 0.433 e. The van der Waals surface area contributed by atoms with E-state index in [2.05, 4.69) is 10.1 Å². The topological polar surface area (TPSA) is 56.7 Å². The van der Waals surface area contributed by atoms with Crippen molar-refractivity contribution in [1.82, 2.24) is 14.8 Å². The Labute approximate surface area is 88.5 Å². The van der Waals surface area contributed by atoms with Gasteiger partial charge in [-0.15, -0.1) is 0 Å². The molecule has 2 heterocycles. The Hall–Kier alpha value is -2.05. The number of rotatable bonds is 1. The number of aromatic nitrogens is 3. The minimum Gasteiger partial charge on any atom is -0.399 e. The number of anilines is 1. The molecule has 0 fully saturated rings. The first-order valence-electron chi connectivity index (χ1n) is 4.31. The summed E-state index contributed by atoms with van der Waals surface area (Å²) in [7, 11) is 0. The highest BCUT2D eigenvalue weighted by atomic mass is 19.4. The van der Waals surface area contributed by atoms with E-state index in [1.807, 2.05) is 0 Å². The zero-order valence-corrected chi connectivity index (χ0v) is 7.94. The predicted molar refractivity (Wildman–Crippen MR) is 50.8 cm³/mol. The molecule has 0 amide bonds. The van der Waals surface area contributed by atoms with Crippen LogP contribution in [-0.4, -0.2) is 14.8 Å². The first-order chi connectivity index (χ1) is 7.48. The lowest BCUT2D eigenvalue weighted by atomic mass is 10.4. The highest BCUT2D eigenvalue weighted by Gasteiger charge is 2.35. The van der Waals surface area contributed by atoms with E-state index in [9.17, 15) is 13.2 Å². The van der Waals surface area contributed by atoms with Crippen molar-refractivity contribution in [2.45, 2.75) is 6.18 Å². The molecule has 7 heteroatoms. The molecule has 0 saturated carbocycles. The molecule has 2 aromatic rings. The first-order valence-corrected chi connectivity index (χ1v) is 4.31. The van der Waals surface area contributed by atoms with E-state index in [1.165, 1.54) is 18.3 Å². The largest absolute Gasteiger partial charge is 0.433 e. The second kappa shape index (κ2) is 3.51. The van der Waals surface area contributed by atoms with E-state index in [-0.39, 0.29) is 5.82 Å². The van der Waals surface area contributed by atoms with Crippen LogP contribution in [0.5, 0.6) is 0 Å². The zero-order chi connectivity index (χ0) is 11.8. The minimum atomic E-state index is -4.47. The maximum absolute atomic E-state index is 12.5. The molecule has 84 valence electrons. The zero-order valence-electron chi connectivity index (χ0n) is 7.94. The first kappa shape index (κ1) is 10.5. The van der Waals surface area contributed by atoms with E-state index in [0.29, 0.717) is 10.4 Å². The van der Waals surface area contributed by atoms with Gasteiger partial charge in [-0.25, -0.2) is 9.67 Å². The molecular weight excluding hydrogens is 221 g/mol. The van der Waals surface area contributed by atoms with Crippen LogP contribution in [0.3, 0.4) is 0 Å². The van der Waals surface area contributed by atoms with Gasteiger partial charge in [0.25, 0.3) is 0 Å². The predicted octanol–water partition coefficient (Wildman–Crippen LogP) is 1.87. The summed E-state index contributed by atoms with van der Waals surface area (Å²) in [5.41, 5.74) is 4.91. The van der Waals surface area contributed by atoms with Gasteiger partial charge in [-0.2, -0.15) is 18.3 Å². The van der Waals surface area contributed by atoms with Gasteiger partial charge >= 0.3 is 6.18 Å². The molecule has 0 aliphatic heterocycles. The van der Waals surface area contributed by atoms with Crippen LogP contribution in [-0.2, 0) is 6.18 Å². The Morgan fingerprint density at radius 3 is 2.56 bits per heavy atom. The molecule has 4 nitrogen and oxygen atoms in total. The van der Waals surface area contributed by atoms with E-state index >= 15 is 0 Å². The van der Waals surface area contributed by atoms with Gasteiger partial charge in [0.2, 0.25) is 0 Å². The maximum atomic E-state index is 12.5. The van der Waals surface area contributed by atoms with Crippen LogP contribution < -0.4 is 5.73 Å². The summed E-state index contributed by atoms with van der Waals surface area (Å²) >= 11 is 0. The smallest absolute Gasteiger partial charge is 0.399 e. The molecule has 16 heavy (non-hydrogen) atoms. The minimum absolute atomic E-state index is 0.0392. The Kier molecular flexibility index (Phi) is 2.30. The van der Waals surface area contributed by atoms with Gasteiger partial charge in [0, 0.05) is 18.0 Å². The SMILES string of the molecule is Nc1ccnc(-n2nccc2C(F)(F)F)c1. The average molecular weight is 228 g/mol. The lowest BCUT2D eigenvalue weighted by Gasteiger charge is -2.09. The Bertz CT molecular complexity index is 503. The molecule has 0 unspecified atom stereocenters. The average Bonchev–Trinajstić information content (AvgIpc) is 2.65. The Morgan fingerprint density at radius 2 is 1.94 bits per heavy atom. The van der Waals surface area contributed by atoms with Gasteiger partial charge in [0.1, 0.15) is 5.69 Å². The fourth-order valence-electron chi connectivity index (χ4n) is 1.25. The number of hydrogen-bond acceptors (Lipinski definition) is 3.